The molecule has 2 N–H and O–H groups in total. The van der Waals surface area contributed by atoms with Crippen LogP contribution in [0.15, 0.2) is 36.7 Å². The van der Waals surface area contributed by atoms with Gasteiger partial charge in [-0.1, -0.05) is 6.07 Å². The predicted molar refractivity (Wildman–Crippen MR) is 108 cm³/mol. The number of hydrogen-bond donors (Lipinski definition) is 2. The number of carbonyl (C=O) groups is 2. The van der Waals surface area contributed by atoms with Crippen molar-refractivity contribution < 1.29 is 31.7 Å². The van der Waals surface area contributed by atoms with Gasteiger partial charge in [0.15, 0.2) is 5.82 Å². The highest BCUT2D eigenvalue weighted by molar-refractivity contribution is 7.85. The Hall–Kier alpha value is -4.27. The van der Waals surface area contributed by atoms with Crippen LogP contribution in [-0.4, -0.2) is 59.4 Å². The molecular formula is C17H17N7O7S. The van der Waals surface area contributed by atoms with Gasteiger partial charge in [-0.3, -0.25) is 5.32 Å². The second kappa shape index (κ2) is 9.25. The normalized spacial score (nSPS) is 10.8. The van der Waals surface area contributed by atoms with E-state index in [1.807, 2.05) is 0 Å². The molecule has 32 heavy (non-hydrogen) atoms. The van der Waals surface area contributed by atoms with Gasteiger partial charge in [0.1, 0.15) is 5.56 Å². The van der Waals surface area contributed by atoms with E-state index in [0.29, 0.717) is 5.82 Å². The number of anilines is 1. The Morgan fingerprint density at radius 3 is 2.38 bits per heavy atom. The number of hydrogen-bond acceptors (Lipinski definition) is 11. The average molecular weight is 463 g/mol. The second-order valence-electron chi connectivity index (χ2n) is 5.92. The molecule has 0 aliphatic rings. The first-order chi connectivity index (χ1) is 15.2. The van der Waals surface area contributed by atoms with E-state index in [1.54, 1.807) is 18.2 Å². The lowest BCUT2D eigenvalue weighted by Crippen LogP contribution is -2.37. The average Bonchev–Trinajstić information content (AvgIpc) is 3.15. The fraction of sp³-hybridized carbons (Fsp3) is 0.176. The highest BCUT2D eigenvalue weighted by Gasteiger charge is 2.25. The van der Waals surface area contributed by atoms with Crippen LogP contribution in [0.2, 0.25) is 0 Å². The smallest absolute Gasteiger partial charge is 0.413 e. The van der Waals surface area contributed by atoms with Gasteiger partial charge in [0.25, 0.3) is 0 Å². The zero-order valence-electron chi connectivity index (χ0n) is 17.0. The molecule has 0 aliphatic heterocycles. The van der Waals surface area contributed by atoms with Crippen LogP contribution in [0.25, 0.3) is 5.82 Å². The molecule has 14 nitrogen and oxygen atoms in total. The van der Waals surface area contributed by atoms with E-state index in [4.69, 9.17) is 9.47 Å². The summed E-state index contributed by atoms with van der Waals surface area (Å²) < 4.78 is 41.3. The number of ether oxygens (including phenoxy) is 2. The van der Waals surface area contributed by atoms with Gasteiger partial charge in [-0.05, 0) is 19.1 Å². The quantitative estimate of drug-likeness (QED) is 0.502. The molecule has 0 saturated carbocycles. The number of urea groups is 1. The number of methoxy groups -OCH3 is 2. The van der Waals surface area contributed by atoms with Gasteiger partial charge in [0.05, 0.1) is 26.0 Å². The molecule has 0 radical (unpaired) electrons. The Morgan fingerprint density at radius 2 is 1.78 bits per heavy atom. The van der Waals surface area contributed by atoms with Crippen LogP contribution in [0.4, 0.5) is 10.7 Å². The Balaban J connectivity index is 1.68. The van der Waals surface area contributed by atoms with E-state index >= 15 is 0 Å². The summed E-state index contributed by atoms with van der Waals surface area (Å²) in [7, 11) is -2.18. The number of amides is 2. The summed E-state index contributed by atoms with van der Waals surface area (Å²) in [5.74, 6) is -1.04. The topological polar surface area (TPSA) is 177 Å². The number of nitrogens with zero attached hydrogens (tertiary/aromatic N) is 5. The lowest BCUT2D eigenvalue weighted by atomic mass is 10.3. The monoisotopic (exact) mass is 463 g/mol. The molecule has 0 fully saturated rings. The van der Waals surface area contributed by atoms with Gasteiger partial charge in [0.2, 0.25) is 17.7 Å². The molecule has 0 atom stereocenters. The van der Waals surface area contributed by atoms with Crippen molar-refractivity contribution in [2.24, 2.45) is 0 Å². The molecule has 3 rings (SSSR count). The zero-order chi connectivity index (χ0) is 23.3. The fourth-order valence-electron chi connectivity index (χ4n) is 2.34. The Kier molecular flexibility index (Phi) is 6.48. The molecule has 0 aliphatic carbocycles. The summed E-state index contributed by atoms with van der Waals surface area (Å²) in [5, 5.41) is 6.17. The van der Waals surface area contributed by atoms with Gasteiger partial charge in [0, 0.05) is 12.4 Å². The largest absolute Gasteiger partial charge is 0.481 e. The molecule has 3 aromatic rings. The van der Waals surface area contributed by atoms with Crippen molar-refractivity contribution in [1.29, 1.82) is 0 Å². The summed E-state index contributed by atoms with van der Waals surface area (Å²) in [6.07, 6.45) is 2.78. The lowest BCUT2D eigenvalue weighted by Gasteiger charge is -2.09. The summed E-state index contributed by atoms with van der Waals surface area (Å²) in [6, 6.07) is 5.11. The van der Waals surface area contributed by atoms with Crippen LogP contribution in [-0.2, 0) is 14.5 Å². The maximum Gasteiger partial charge on any atom is 0.413 e. The molecule has 0 aromatic carbocycles. The third kappa shape index (κ3) is 5.45. The maximum absolute atomic E-state index is 12.3. The van der Waals surface area contributed by atoms with Crippen molar-refractivity contribution in [3.63, 3.8) is 0 Å². The second-order valence-corrected chi connectivity index (χ2v) is 7.20. The number of carbonyl (C=O) groups excluding carboxylic acids is 2. The fourth-order valence-corrected chi connectivity index (χ4v) is 2.95. The minimum atomic E-state index is -4.83. The minimum Gasteiger partial charge on any atom is -0.481 e. The molecule has 0 saturated heterocycles. The van der Waals surface area contributed by atoms with Crippen LogP contribution in [0.5, 0.6) is 11.8 Å². The van der Waals surface area contributed by atoms with Gasteiger partial charge in [-0.2, -0.15) is 23.5 Å². The molecule has 3 aromatic heterocycles. The first-order valence-corrected chi connectivity index (χ1v) is 10.1. The first-order valence-electron chi connectivity index (χ1n) is 8.73. The number of aromatic nitrogens is 5. The van der Waals surface area contributed by atoms with Crippen molar-refractivity contribution in [3.05, 3.63) is 47.9 Å². The Morgan fingerprint density at radius 1 is 1.09 bits per heavy atom. The van der Waals surface area contributed by atoms with Crippen molar-refractivity contribution in [3.8, 4) is 17.6 Å². The van der Waals surface area contributed by atoms with Crippen LogP contribution in [0.3, 0.4) is 0 Å². The highest BCUT2D eigenvalue weighted by Crippen LogP contribution is 2.17. The third-order valence-electron chi connectivity index (χ3n) is 3.73. The van der Waals surface area contributed by atoms with Crippen LogP contribution in [0.1, 0.15) is 16.1 Å². The molecule has 0 spiro atoms. The highest BCUT2D eigenvalue weighted by atomic mass is 32.2. The first kappa shape index (κ1) is 22.4. The van der Waals surface area contributed by atoms with Crippen molar-refractivity contribution in [2.45, 2.75) is 6.92 Å². The lowest BCUT2D eigenvalue weighted by molar-refractivity contribution is 0.0744. The van der Waals surface area contributed by atoms with Crippen LogP contribution in [0, 0.1) is 6.92 Å². The van der Waals surface area contributed by atoms with Crippen molar-refractivity contribution in [1.82, 2.24) is 29.5 Å². The SMILES string of the molecule is COc1cc(OC)nc(NC(=O)NS(=O)(=O)OC(=O)c2cn(-c3ccccn3)nc2C)n1. The molecule has 3 heterocycles. The minimum absolute atomic E-state index is 0.0572. The Bertz CT molecular complexity index is 1220. The zero-order valence-corrected chi connectivity index (χ0v) is 17.8. The summed E-state index contributed by atoms with van der Waals surface area (Å²) in [4.78, 5) is 36.1. The van der Waals surface area contributed by atoms with Crippen LogP contribution < -0.4 is 19.5 Å². The number of nitrogens with one attached hydrogen (secondary N) is 2. The van der Waals surface area contributed by atoms with Crippen LogP contribution >= 0.6 is 0 Å². The summed E-state index contributed by atoms with van der Waals surface area (Å²) in [5.41, 5.74) is 0.0551. The van der Waals surface area contributed by atoms with Crippen molar-refractivity contribution in [2.75, 3.05) is 19.5 Å². The van der Waals surface area contributed by atoms with Crippen molar-refractivity contribution >= 4 is 28.3 Å². The van der Waals surface area contributed by atoms with E-state index in [2.05, 4.69) is 29.6 Å². The Labute approximate surface area is 181 Å². The van der Waals surface area contributed by atoms with Gasteiger partial charge >= 0.3 is 22.3 Å². The predicted octanol–water partition coefficient (Wildman–Crippen LogP) is 0.606. The number of pyridine rings is 1. The van der Waals surface area contributed by atoms with E-state index in [9.17, 15) is 18.0 Å². The molecular weight excluding hydrogens is 446 g/mol. The summed E-state index contributed by atoms with van der Waals surface area (Å²) >= 11 is 0. The molecule has 0 unspecified atom stereocenters. The van der Waals surface area contributed by atoms with E-state index in [-0.39, 0.29) is 29.0 Å². The van der Waals surface area contributed by atoms with Gasteiger partial charge < -0.3 is 13.7 Å². The third-order valence-corrected chi connectivity index (χ3v) is 4.53. The van der Waals surface area contributed by atoms with E-state index < -0.39 is 22.3 Å². The molecule has 168 valence electrons. The van der Waals surface area contributed by atoms with Gasteiger partial charge in [-0.15, -0.1) is 0 Å². The maximum atomic E-state index is 12.3. The molecule has 15 heteroatoms. The molecule has 2 amide bonds. The summed E-state index contributed by atoms with van der Waals surface area (Å²) in [6.45, 7) is 1.48. The molecule has 0 bridgehead atoms. The number of rotatable bonds is 7. The van der Waals surface area contributed by atoms with Gasteiger partial charge in [-0.25, -0.2) is 24.0 Å². The number of aryl methyl sites for hydroxylation is 1. The van der Waals surface area contributed by atoms with E-state index in [1.165, 1.54) is 49.0 Å². The van der Waals surface area contributed by atoms with E-state index in [0.717, 1.165) is 0 Å². The standard InChI is InChI=1S/C17H17N7O7S/c1-10-11(9-24(22-10)12-6-4-5-7-18-12)15(25)31-32(27,28)23-17(26)21-16-19-13(29-2)8-14(20-16)30-3/h4-9H,1-3H3,(H2,19,20,21,23,26).